The lowest BCUT2D eigenvalue weighted by molar-refractivity contribution is -0.926. The number of hydrogen-bond donors (Lipinski definition) is 1. The van der Waals surface area contributed by atoms with Crippen LogP contribution in [-0.2, 0) is 10.9 Å². The van der Waals surface area contributed by atoms with Gasteiger partial charge in [-0.05, 0) is 36.2 Å². The molecule has 1 saturated heterocycles. The Morgan fingerprint density at radius 2 is 1.53 bits per heavy atom. The molecular formula is C26H25F4N2O2+. The highest BCUT2D eigenvalue weighted by molar-refractivity contribution is 5.65. The van der Waals surface area contributed by atoms with Crippen LogP contribution >= 0.6 is 0 Å². The zero-order valence-corrected chi connectivity index (χ0v) is 18.5. The molecule has 1 fully saturated rings. The molecule has 4 nitrogen and oxygen atoms in total. The van der Waals surface area contributed by atoms with Gasteiger partial charge in [-0.1, -0.05) is 60.7 Å². The van der Waals surface area contributed by atoms with Gasteiger partial charge in [0.05, 0.1) is 5.56 Å². The highest BCUT2D eigenvalue weighted by Gasteiger charge is 2.54. The minimum atomic E-state index is -4.59. The fraction of sp³-hybridized carbons (Fsp3) is 0.269. The Kier molecular flexibility index (Phi) is 6.47. The van der Waals surface area contributed by atoms with Crippen LogP contribution in [0.15, 0.2) is 78.9 Å². The smallest absolute Gasteiger partial charge is 0.354 e. The number of primary amides is 1. The summed E-state index contributed by atoms with van der Waals surface area (Å²) in [5.41, 5.74) is 6.20. The van der Waals surface area contributed by atoms with Crippen molar-refractivity contribution in [1.82, 2.24) is 0 Å². The standard InChI is InChI=1S/C26H24F4N2O2/c1-17(18-7-3-2-4-8-18)32(25(31)33)15-21(16-32)34-24(19-11-13-20(27)14-12-19)22-9-5-6-10-23(22)26(28,29)30/h2-14,17,21,24H,15-16H2,1H3,(H-,31,33)/p+1/t17-,21?,24?,32?/m0/s1. The third kappa shape index (κ3) is 4.56. The first kappa shape index (κ1) is 23.9. The Morgan fingerprint density at radius 1 is 0.941 bits per heavy atom. The molecule has 1 aliphatic heterocycles. The molecule has 0 radical (unpaired) electrons. The van der Waals surface area contributed by atoms with Crippen LogP contribution in [0.5, 0.6) is 0 Å². The molecule has 2 atom stereocenters. The van der Waals surface area contributed by atoms with E-state index in [-0.39, 0.29) is 29.2 Å². The minimum absolute atomic E-state index is 0.0638. The second-order valence-electron chi connectivity index (χ2n) is 8.60. The van der Waals surface area contributed by atoms with Crippen LogP contribution in [0, 0.1) is 5.82 Å². The third-order valence-corrected chi connectivity index (χ3v) is 6.57. The fourth-order valence-electron chi connectivity index (χ4n) is 4.61. The maximum Gasteiger partial charge on any atom is 0.416 e. The third-order valence-electron chi connectivity index (χ3n) is 6.57. The van der Waals surface area contributed by atoms with Crippen molar-refractivity contribution < 1.29 is 31.6 Å². The number of nitrogens with zero attached hydrogens (tertiary/aromatic N) is 1. The Balaban J connectivity index is 1.64. The molecule has 4 rings (SSSR count). The van der Waals surface area contributed by atoms with Gasteiger partial charge in [-0.15, -0.1) is 0 Å². The second kappa shape index (κ2) is 9.19. The van der Waals surface area contributed by atoms with E-state index in [9.17, 15) is 22.4 Å². The average Bonchev–Trinajstić information content (AvgIpc) is 2.79. The Bertz CT molecular complexity index is 1140. The zero-order chi connectivity index (χ0) is 24.5. The lowest BCUT2D eigenvalue weighted by atomic mass is 9.94. The molecule has 178 valence electrons. The molecule has 0 bridgehead atoms. The molecule has 34 heavy (non-hydrogen) atoms. The highest BCUT2D eigenvalue weighted by Crippen LogP contribution is 2.42. The van der Waals surface area contributed by atoms with E-state index < -0.39 is 35.8 Å². The predicted octanol–water partition coefficient (Wildman–Crippen LogP) is 5.99. The number of likely N-dealkylation sites (tertiary alicyclic amines) is 1. The van der Waals surface area contributed by atoms with Crippen LogP contribution < -0.4 is 5.73 Å². The topological polar surface area (TPSA) is 52.3 Å². The predicted molar refractivity (Wildman–Crippen MR) is 119 cm³/mol. The number of carbonyl (C=O) groups excluding carboxylic acids is 1. The van der Waals surface area contributed by atoms with E-state index in [2.05, 4.69) is 0 Å². The molecule has 2 N–H and O–H groups in total. The largest absolute Gasteiger partial charge is 0.416 e. The number of alkyl halides is 3. The van der Waals surface area contributed by atoms with E-state index >= 15 is 0 Å². The average molecular weight is 473 g/mol. The number of urea groups is 1. The van der Waals surface area contributed by atoms with Gasteiger partial charge in [0.25, 0.3) is 0 Å². The van der Waals surface area contributed by atoms with Crippen molar-refractivity contribution in [2.24, 2.45) is 5.73 Å². The summed E-state index contributed by atoms with van der Waals surface area (Å²) >= 11 is 0. The summed E-state index contributed by atoms with van der Waals surface area (Å²) in [7, 11) is 0. The summed E-state index contributed by atoms with van der Waals surface area (Å²) in [5, 5.41) is 0. The van der Waals surface area contributed by atoms with Gasteiger partial charge in [-0.25, -0.2) is 13.7 Å². The highest BCUT2D eigenvalue weighted by atomic mass is 19.4. The van der Waals surface area contributed by atoms with Crippen LogP contribution in [-0.4, -0.2) is 29.7 Å². The van der Waals surface area contributed by atoms with Crippen LogP contribution in [0.4, 0.5) is 22.4 Å². The maximum absolute atomic E-state index is 13.8. The van der Waals surface area contributed by atoms with Gasteiger partial charge < -0.3 is 10.5 Å². The Morgan fingerprint density at radius 3 is 2.12 bits per heavy atom. The maximum atomic E-state index is 13.8. The molecule has 1 unspecified atom stereocenters. The van der Waals surface area contributed by atoms with Crippen LogP contribution in [0.3, 0.4) is 0 Å². The summed E-state index contributed by atoms with van der Waals surface area (Å²) < 4.78 is 60.9. The molecule has 0 spiro atoms. The number of ether oxygens (including phenoxy) is 1. The molecule has 8 heteroatoms. The van der Waals surface area contributed by atoms with Gasteiger partial charge in [0.15, 0.2) is 6.10 Å². The van der Waals surface area contributed by atoms with Gasteiger partial charge in [0, 0.05) is 5.56 Å². The number of carbonyl (C=O) groups is 1. The van der Waals surface area contributed by atoms with Crippen molar-refractivity contribution in [1.29, 1.82) is 0 Å². The van der Waals surface area contributed by atoms with E-state index in [0.29, 0.717) is 5.56 Å². The first-order valence-corrected chi connectivity index (χ1v) is 10.9. The van der Waals surface area contributed by atoms with Crippen molar-refractivity contribution >= 4 is 6.03 Å². The molecule has 2 amide bonds. The summed E-state index contributed by atoms with van der Waals surface area (Å²) in [5.74, 6) is -0.503. The molecule has 3 aromatic carbocycles. The number of nitrogens with two attached hydrogens (primary N) is 1. The summed E-state index contributed by atoms with van der Waals surface area (Å²) in [6.45, 7) is 2.33. The van der Waals surface area contributed by atoms with E-state index in [1.54, 1.807) is 0 Å². The van der Waals surface area contributed by atoms with Crippen LogP contribution in [0.25, 0.3) is 0 Å². The van der Waals surface area contributed by atoms with Gasteiger partial charge in [0.1, 0.15) is 31.1 Å². The molecule has 0 aliphatic carbocycles. The van der Waals surface area contributed by atoms with Gasteiger partial charge >= 0.3 is 12.2 Å². The van der Waals surface area contributed by atoms with E-state index in [0.717, 1.165) is 11.6 Å². The summed E-state index contributed by atoms with van der Waals surface area (Å²) in [6, 6.07) is 19.0. The Hall–Kier alpha value is -3.23. The van der Waals surface area contributed by atoms with Crippen LogP contribution in [0.1, 0.15) is 41.3 Å². The summed E-state index contributed by atoms with van der Waals surface area (Å²) in [6.07, 6.45) is -6.20. The first-order valence-electron chi connectivity index (χ1n) is 10.9. The van der Waals surface area contributed by atoms with Crippen molar-refractivity contribution in [3.05, 3.63) is 107 Å². The molecule has 1 aliphatic rings. The number of quaternary nitrogens is 1. The molecule has 1 heterocycles. The molecule has 0 saturated carbocycles. The fourth-order valence-corrected chi connectivity index (χ4v) is 4.61. The molecular weight excluding hydrogens is 448 g/mol. The second-order valence-corrected chi connectivity index (χ2v) is 8.60. The normalized spacial score (nSPS) is 22.0. The zero-order valence-electron chi connectivity index (χ0n) is 18.5. The van der Waals surface area contributed by atoms with E-state index in [1.165, 1.54) is 42.5 Å². The molecule has 0 aromatic heterocycles. The lowest BCUT2D eigenvalue weighted by Crippen LogP contribution is -2.72. The Labute approximate surface area is 195 Å². The quantitative estimate of drug-likeness (QED) is 0.353. The lowest BCUT2D eigenvalue weighted by Gasteiger charge is -2.50. The first-order chi connectivity index (χ1) is 16.1. The van der Waals surface area contributed by atoms with Gasteiger partial charge in [-0.2, -0.15) is 13.2 Å². The van der Waals surface area contributed by atoms with E-state index in [1.807, 2.05) is 37.3 Å². The SMILES string of the molecule is C[C@@H](c1ccccc1)[N+]1(C(N)=O)CC(OC(c2ccc(F)cc2)c2ccccc2C(F)(F)F)C1. The minimum Gasteiger partial charge on any atom is -0.354 e. The van der Waals surface area contributed by atoms with Crippen molar-refractivity contribution in [2.45, 2.75) is 31.3 Å². The monoisotopic (exact) mass is 473 g/mol. The summed E-state index contributed by atoms with van der Waals surface area (Å²) in [4.78, 5) is 12.5. The van der Waals surface area contributed by atoms with Gasteiger partial charge in [0.2, 0.25) is 0 Å². The van der Waals surface area contributed by atoms with Crippen LogP contribution in [0.2, 0.25) is 0 Å². The number of benzene rings is 3. The molecule has 3 aromatic rings. The number of hydrogen-bond acceptors (Lipinski definition) is 2. The van der Waals surface area contributed by atoms with Crippen molar-refractivity contribution in [3.63, 3.8) is 0 Å². The number of halogens is 4. The van der Waals surface area contributed by atoms with Crippen molar-refractivity contribution in [3.8, 4) is 0 Å². The van der Waals surface area contributed by atoms with E-state index in [4.69, 9.17) is 10.5 Å². The van der Waals surface area contributed by atoms with Gasteiger partial charge in [-0.3, -0.25) is 0 Å². The number of amides is 2. The number of rotatable bonds is 6. The van der Waals surface area contributed by atoms with Crippen molar-refractivity contribution in [2.75, 3.05) is 13.1 Å².